The smallest absolute Gasteiger partial charge is 0.394 e. The van der Waals surface area contributed by atoms with E-state index in [0.29, 0.717) is 0 Å². The van der Waals surface area contributed by atoms with E-state index in [-0.39, 0.29) is 0 Å². The maximum Gasteiger partial charge on any atom is 0.394 e. The molecule has 0 aromatic rings. The SMILES string of the molecule is CC(C)(C)[C@H]1OC[C@@H](C(F)(F)F)[C@@H]1C(=O)O. The molecule has 16 heavy (non-hydrogen) atoms. The molecule has 94 valence electrons. The average molecular weight is 240 g/mol. The minimum atomic E-state index is -4.52. The molecule has 1 aliphatic rings. The number of hydrogen-bond acceptors (Lipinski definition) is 2. The number of ether oxygens (including phenoxy) is 1. The highest BCUT2D eigenvalue weighted by Crippen LogP contribution is 2.44. The molecule has 0 aromatic carbocycles. The molecule has 1 rings (SSSR count). The van der Waals surface area contributed by atoms with E-state index in [1.165, 1.54) is 0 Å². The van der Waals surface area contributed by atoms with Crippen LogP contribution in [0.15, 0.2) is 0 Å². The van der Waals surface area contributed by atoms with Crippen LogP contribution in [0.25, 0.3) is 0 Å². The predicted molar refractivity (Wildman–Crippen MR) is 49.9 cm³/mol. The minimum absolute atomic E-state index is 0.567. The normalized spacial score (nSPS) is 31.8. The first-order valence-corrected chi connectivity index (χ1v) is 4.96. The average Bonchev–Trinajstić information content (AvgIpc) is 2.43. The zero-order chi connectivity index (χ0) is 12.7. The van der Waals surface area contributed by atoms with Crippen LogP contribution in [0.3, 0.4) is 0 Å². The van der Waals surface area contributed by atoms with Gasteiger partial charge in [-0.3, -0.25) is 4.79 Å². The second-order valence-electron chi connectivity index (χ2n) is 5.13. The largest absolute Gasteiger partial charge is 0.481 e. The Bertz CT molecular complexity index is 258. The molecule has 1 N–H and O–H groups in total. The van der Waals surface area contributed by atoms with Crippen molar-refractivity contribution < 1.29 is 27.8 Å². The van der Waals surface area contributed by atoms with Crippen molar-refractivity contribution in [3.8, 4) is 0 Å². The maximum atomic E-state index is 12.6. The van der Waals surface area contributed by atoms with Gasteiger partial charge in [0.05, 0.1) is 24.5 Å². The van der Waals surface area contributed by atoms with Crippen molar-refractivity contribution in [2.45, 2.75) is 33.1 Å². The van der Waals surface area contributed by atoms with Gasteiger partial charge in [-0.2, -0.15) is 13.2 Å². The van der Waals surface area contributed by atoms with Crippen LogP contribution in [0.5, 0.6) is 0 Å². The first-order chi connectivity index (χ1) is 7.05. The molecule has 0 aliphatic carbocycles. The van der Waals surface area contributed by atoms with Gasteiger partial charge in [0, 0.05) is 0 Å². The van der Waals surface area contributed by atoms with E-state index in [9.17, 15) is 18.0 Å². The van der Waals surface area contributed by atoms with Gasteiger partial charge < -0.3 is 9.84 Å². The van der Waals surface area contributed by atoms with Crippen LogP contribution in [0.1, 0.15) is 20.8 Å². The van der Waals surface area contributed by atoms with Gasteiger partial charge in [-0.15, -0.1) is 0 Å². The lowest BCUT2D eigenvalue weighted by atomic mass is 9.77. The summed E-state index contributed by atoms with van der Waals surface area (Å²) < 4.78 is 42.8. The molecule has 3 nitrogen and oxygen atoms in total. The van der Waals surface area contributed by atoms with Crippen molar-refractivity contribution >= 4 is 5.97 Å². The Balaban J connectivity index is 2.99. The topological polar surface area (TPSA) is 46.5 Å². The van der Waals surface area contributed by atoms with Crippen LogP contribution in [-0.4, -0.2) is 30.0 Å². The van der Waals surface area contributed by atoms with Crippen molar-refractivity contribution in [3.63, 3.8) is 0 Å². The lowest BCUT2D eigenvalue weighted by Crippen LogP contribution is -2.41. The summed E-state index contributed by atoms with van der Waals surface area (Å²) in [5, 5.41) is 8.90. The second kappa shape index (κ2) is 3.91. The molecule has 0 aromatic heterocycles. The number of aliphatic carboxylic acids is 1. The van der Waals surface area contributed by atoms with Gasteiger partial charge in [0.15, 0.2) is 0 Å². The molecular formula is C10H15F3O3. The third-order valence-corrected chi connectivity index (χ3v) is 2.77. The highest BCUT2D eigenvalue weighted by Gasteiger charge is 2.57. The highest BCUT2D eigenvalue weighted by molar-refractivity contribution is 5.71. The van der Waals surface area contributed by atoms with E-state index in [2.05, 4.69) is 0 Å². The minimum Gasteiger partial charge on any atom is -0.481 e. The van der Waals surface area contributed by atoms with Gasteiger partial charge in [-0.25, -0.2) is 0 Å². The van der Waals surface area contributed by atoms with Gasteiger partial charge in [-0.05, 0) is 5.41 Å². The molecule has 0 spiro atoms. The summed E-state index contributed by atoms with van der Waals surface area (Å²) in [4.78, 5) is 10.9. The fraction of sp³-hybridized carbons (Fsp3) is 0.900. The number of halogens is 3. The standard InChI is InChI=1S/C10H15F3O3/c1-9(2,3)7-6(8(14)15)5(4-16-7)10(11,12)13/h5-7H,4H2,1-3H3,(H,14,15)/t5-,6+,7+/m1/s1. The lowest BCUT2D eigenvalue weighted by molar-refractivity contribution is -0.190. The first kappa shape index (κ1) is 13.3. The number of carboxylic acid groups (broad SMARTS) is 1. The van der Waals surface area contributed by atoms with Gasteiger partial charge in [-0.1, -0.05) is 20.8 Å². The van der Waals surface area contributed by atoms with Crippen LogP contribution in [0.2, 0.25) is 0 Å². The first-order valence-electron chi connectivity index (χ1n) is 4.96. The fourth-order valence-corrected chi connectivity index (χ4v) is 2.01. The third kappa shape index (κ3) is 2.48. The summed E-state index contributed by atoms with van der Waals surface area (Å²) in [6.07, 6.45) is -5.43. The summed E-state index contributed by atoms with van der Waals surface area (Å²) >= 11 is 0. The molecule has 0 radical (unpaired) electrons. The predicted octanol–water partition coefficient (Wildman–Crippen LogP) is 2.31. The number of alkyl halides is 3. The van der Waals surface area contributed by atoms with Crippen LogP contribution in [-0.2, 0) is 9.53 Å². The van der Waals surface area contributed by atoms with Crippen molar-refractivity contribution in [1.29, 1.82) is 0 Å². The molecule has 1 saturated heterocycles. The van der Waals surface area contributed by atoms with Crippen molar-refractivity contribution in [1.82, 2.24) is 0 Å². The van der Waals surface area contributed by atoms with E-state index in [1.807, 2.05) is 0 Å². The Kier molecular flexibility index (Phi) is 3.24. The van der Waals surface area contributed by atoms with Crippen molar-refractivity contribution in [2.75, 3.05) is 6.61 Å². The maximum absolute atomic E-state index is 12.6. The summed E-state index contributed by atoms with van der Waals surface area (Å²) in [5.74, 6) is -4.87. The van der Waals surface area contributed by atoms with E-state index in [4.69, 9.17) is 9.84 Å². The van der Waals surface area contributed by atoms with Crippen molar-refractivity contribution in [2.24, 2.45) is 17.3 Å². The van der Waals surface area contributed by atoms with Crippen molar-refractivity contribution in [3.05, 3.63) is 0 Å². The zero-order valence-electron chi connectivity index (χ0n) is 9.34. The van der Waals surface area contributed by atoms with Gasteiger partial charge in [0.25, 0.3) is 0 Å². The molecule has 6 heteroatoms. The molecule has 0 saturated carbocycles. The number of rotatable bonds is 1. The van der Waals surface area contributed by atoms with E-state index in [1.54, 1.807) is 20.8 Å². The van der Waals surface area contributed by atoms with E-state index >= 15 is 0 Å². The Hall–Kier alpha value is -0.780. The van der Waals surface area contributed by atoms with E-state index in [0.717, 1.165) is 0 Å². The monoisotopic (exact) mass is 240 g/mol. The molecule has 0 amide bonds. The Morgan fingerprint density at radius 1 is 1.31 bits per heavy atom. The molecule has 1 fully saturated rings. The molecule has 1 heterocycles. The van der Waals surface area contributed by atoms with Crippen LogP contribution in [0, 0.1) is 17.3 Å². The summed E-state index contributed by atoms with van der Waals surface area (Å²) in [7, 11) is 0. The van der Waals surface area contributed by atoms with Crippen LogP contribution >= 0.6 is 0 Å². The number of hydrogen-bond donors (Lipinski definition) is 1. The second-order valence-corrected chi connectivity index (χ2v) is 5.13. The van der Waals surface area contributed by atoms with Crippen LogP contribution < -0.4 is 0 Å². The third-order valence-electron chi connectivity index (χ3n) is 2.77. The number of carboxylic acids is 1. The summed E-state index contributed by atoms with van der Waals surface area (Å²) in [5.41, 5.74) is -0.622. The zero-order valence-corrected chi connectivity index (χ0v) is 9.34. The summed E-state index contributed by atoms with van der Waals surface area (Å²) in [6.45, 7) is 4.45. The van der Waals surface area contributed by atoms with Crippen LogP contribution in [0.4, 0.5) is 13.2 Å². The highest BCUT2D eigenvalue weighted by atomic mass is 19.4. The van der Waals surface area contributed by atoms with E-state index < -0.39 is 42.1 Å². The number of carbonyl (C=O) groups is 1. The molecular weight excluding hydrogens is 225 g/mol. The summed E-state index contributed by atoms with van der Waals surface area (Å²) in [6, 6.07) is 0. The molecule has 0 bridgehead atoms. The lowest BCUT2D eigenvalue weighted by Gasteiger charge is -2.30. The molecule has 3 atom stereocenters. The quantitative estimate of drug-likeness (QED) is 0.765. The Morgan fingerprint density at radius 2 is 1.81 bits per heavy atom. The fourth-order valence-electron chi connectivity index (χ4n) is 2.01. The van der Waals surface area contributed by atoms with Gasteiger partial charge in [0.1, 0.15) is 0 Å². The Labute approximate surface area is 91.6 Å². The molecule has 1 aliphatic heterocycles. The van der Waals surface area contributed by atoms with Gasteiger partial charge >= 0.3 is 12.1 Å². The molecule has 0 unspecified atom stereocenters. The Morgan fingerprint density at radius 3 is 2.12 bits per heavy atom. The van der Waals surface area contributed by atoms with Gasteiger partial charge in [0.2, 0.25) is 0 Å².